The zero-order chi connectivity index (χ0) is 17.2. The monoisotopic (exact) mass is 327 g/mol. The number of nitro groups is 1. The van der Waals surface area contributed by atoms with Gasteiger partial charge in [0, 0.05) is 12.1 Å². The van der Waals surface area contributed by atoms with Gasteiger partial charge in [-0.15, -0.1) is 13.2 Å². The van der Waals surface area contributed by atoms with Gasteiger partial charge in [0.1, 0.15) is 5.75 Å². The summed E-state index contributed by atoms with van der Waals surface area (Å²) in [6.45, 7) is 0. The molecule has 1 N–H and O–H groups in total. The van der Waals surface area contributed by atoms with Crippen molar-refractivity contribution in [2.45, 2.75) is 6.36 Å². The number of carbonyl (C=O) groups is 1. The Kier molecular flexibility index (Phi) is 4.21. The lowest BCUT2D eigenvalue weighted by Gasteiger charge is -2.11. The second-order valence-corrected chi connectivity index (χ2v) is 4.37. The van der Waals surface area contributed by atoms with Crippen molar-refractivity contribution in [3.63, 3.8) is 0 Å². The first-order chi connectivity index (χ1) is 10.7. The Morgan fingerprint density at radius 3 is 2.43 bits per heavy atom. The Morgan fingerprint density at radius 1 is 1.17 bits per heavy atom. The van der Waals surface area contributed by atoms with Gasteiger partial charge in [-0.2, -0.15) is 0 Å². The maximum absolute atomic E-state index is 12.2. The molecule has 0 aliphatic carbocycles. The van der Waals surface area contributed by atoms with Gasteiger partial charge in [-0.3, -0.25) is 10.1 Å². The number of halogens is 3. The molecule has 2 aromatic carbocycles. The largest absolute Gasteiger partial charge is 0.573 e. The maximum Gasteiger partial charge on any atom is 0.573 e. The van der Waals surface area contributed by atoms with E-state index < -0.39 is 34.3 Å². The van der Waals surface area contributed by atoms with Gasteiger partial charge in [0.15, 0.2) is 0 Å². The highest BCUT2D eigenvalue weighted by Crippen LogP contribution is 2.31. The highest BCUT2D eigenvalue weighted by molar-refractivity contribution is 5.97. The van der Waals surface area contributed by atoms with Crippen molar-refractivity contribution in [2.75, 3.05) is 0 Å². The normalized spacial score (nSPS) is 11.1. The van der Waals surface area contributed by atoms with Gasteiger partial charge in [-0.25, -0.2) is 4.79 Å². The number of benzene rings is 2. The highest BCUT2D eigenvalue weighted by Gasteiger charge is 2.31. The fourth-order valence-electron chi connectivity index (χ4n) is 1.94. The zero-order valence-electron chi connectivity index (χ0n) is 11.2. The van der Waals surface area contributed by atoms with Crippen LogP contribution in [-0.4, -0.2) is 22.4 Å². The second-order valence-electron chi connectivity index (χ2n) is 4.37. The number of nitrogens with zero attached hydrogens (tertiary/aromatic N) is 1. The van der Waals surface area contributed by atoms with Gasteiger partial charge in [-0.05, 0) is 29.3 Å². The van der Waals surface area contributed by atoms with Gasteiger partial charge in [0.25, 0.3) is 5.69 Å². The van der Waals surface area contributed by atoms with E-state index in [1.54, 1.807) is 0 Å². The summed E-state index contributed by atoms with van der Waals surface area (Å²) in [7, 11) is 0. The Labute approximate surface area is 126 Å². The summed E-state index contributed by atoms with van der Waals surface area (Å²) in [5.41, 5.74) is -0.674. The van der Waals surface area contributed by atoms with E-state index >= 15 is 0 Å². The summed E-state index contributed by atoms with van der Waals surface area (Å²) >= 11 is 0. The lowest BCUT2D eigenvalue weighted by Crippen LogP contribution is -2.17. The Bertz CT molecular complexity index is 773. The molecule has 0 spiro atoms. The summed E-state index contributed by atoms with van der Waals surface area (Å²) in [6, 6.07) is 7.76. The molecule has 0 amide bonds. The molecule has 9 heteroatoms. The molecule has 6 nitrogen and oxygen atoms in total. The van der Waals surface area contributed by atoms with Crippen molar-refractivity contribution in [3.05, 3.63) is 58.1 Å². The van der Waals surface area contributed by atoms with Crippen LogP contribution in [0, 0.1) is 10.1 Å². The third-order valence-corrected chi connectivity index (χ3v) is 2.82. The molecule has 0 fully saturated rings. The lowest BCUT2D eigenvalue weighted by atomic mass is 9.99. The van der Waals surface area contributed by atoms with Crippen LogP contribution in [0.25, 0.3) is 11.1 Å². The van der Waals surface area contributed by atoms with E-state index in [1.165, 1.54) is 12.1 Å². The standard InChI is InChI=1S/C14H8F3NO5/c15-14(16,17)23-10-3-1-2-8(6-10)11-5-4-9(18(21)22)7-12(11)13(19)20/h1-7H,(H,19,20). The zero-order valence-corrected chi connectivity index (χ0v) is 11.2. The van der Waals surface area contributed by atoms with Gasteiger partial charge < -0.3 is 9.84 Å². The van der Waals surface area contributed by atoms with Crippen molar-refractivity contribution in [3.8, 4) is 16.9 Å². The molecule has 0 atom stereocenters. The smallest absolute Gasteiger partial charge is 0.478 e. The second kappa shape index (κ2) is 5.95. The van der Waals surface area contributed by atoms with E-state index in [9.17, 15) is 28.1 Å². The van der Waals surface area contributed by atoms with Gasteiger partial charge in [0.2, 0.25) is 0 Å². The molecule has 0 heterocycles. The summed E-state index contributed by atoms with van der Waals surface area (Å²) in [4.78, 5) is 21.2. The van der Waals surface area contributed by atoms with Crippen LogP contribution in [0.5, 0.6) is 5.75 Å². The Balaban J connectivity index is 2.51. The van der Waals surface area contributed by atoms with E-state index in [0.29, 0.717) is 0 Å². The summed E-state index contributed by atoms with van der Waals surface area (Å²) < 4.78 is 40.5. The number of alkyl halides is 3. The Morgan fingerprint density at radius 2 is 1.87 bits per heavy atom. The molecule has 23 heavy (non-hydrogen) atoms. The van der Waals surface area contributed by atoms with Crippen molar-refractivity contribution < 1.29 is 32.7 Å². The van der Waals surface area contributed by atoms with Crippen molar-refractivity contribution >= 4 is 11.7 Å². The molecule has 0 radical (unpaired) electrons. The number of nitro benzene ring substituents is 1. The highest BCUT2D eigenvalue weighted by atomic mass is 19.4. The molecule has 0 bridgehead atoms. The topological polar surface area (TPSA) is 89.7 Å². The SMILES string of the molecule is O=C(O)c1cc([N+](=O)[O-])ccc1-c1cccc(OC(F)(F)F)c1. The minimum Gasteiger partial charge on any atom is -0.478 e. The van der Waals surface area contributed by atoms with E-state index in [2.05, 4.69) is 4.74 Å². The maximum atomic E-state index is 12.2. The number of carboxylic acid groups (broad SMARTS) is 1. The third-order valence-electron chi connectivity index (χ3n) is 2.82. The lowest BCUT2D eigenvalue weighted by molar-refractivity contribution is -0.384. The van der Waals surface area contributed by atoms with Gasteiger partial charge >= 0.3 is 12.3 Å². The number of carboxylic acids is 1. The molecule has 0 aliphatic heterocycles. The predicted molar refractivity (Wildman–Crippen MR) is 72.2 cm³/mol. The van der Waals surface area contributed by atoms with E-state index in [0.717, 1.165) is 30.3 Å². The average molecular weight is 327 g/mol. The first kappa shape index (κ1) is 16.3. The number of non-ortho nitro benzene ring substituents is 1. The molecule has 0 saturated heterocycles. The van der Waals surface area contributed by atoms with Crippen molar-refractivity contribution in [1.29, 1.82) is 0 Å². The van der Waals surface area contributed by atoms with E-state index in [1.807, 2.05) is 0 Å². The van der Waals surface area contributed by atoms with Crippen LogP contribution in [0.1, 0.15) is 10.4 Å². The van der Waals surface area contributed by atoms with E-state index in [-0.39, 0.29) is 11.1 Å². The van der Waals surface area contributed by atoms with Crippen LogP contribution in [0.4, 0.5) is 18.9 Å². The molecule has 2 rings (SSSR count). The first-order valence-corrected chi connectivity index (χ1v) is 6.05. The number of hydrogen-bond donors (Lipinski definition) is 1. The summed E-state index contributed by atoms with van der Waals surface area (Å²) in [5, 5.41) is 19.9. The Hall–Kier alpha value is -3.10. The molecule has 0 aromatic heterocycles. The molecule has 0 unspecified atom stereocenters. The van der Waals surface area contributed by atoms with Gasteiger partial charge in [-0.1, -0.05) is 12.1 Å². The number of ether oxygens (including phenoxy) is 1. The third kappa shape index (κ3) is 3.96. The summed E-state index contributed by atoms with van der Waals surface area (Å²) in [6.07, 6.45) is -4.89. The van der Waals surface area contributed by atoms with Crippen LogP contribution in [0.15, 0.2) is 42.5 Å². The number of rotatable bonds is 4. The fraction of sp³-hybridized carbons (Fsp3) is 0.0714. The molecule has 0 saturated carbocycles. The number of hydrogen-bond acceptors (Lipinski definition) is 4. The quantitative estimate of drug-likeness (QED) is 0.680. The predicted octanol–water partition coefficient (Wildman–Crippen LogP) is 3.86. The van der Waals surface area contributed by atoms with Crippen LogP contribution in [-0.2, 0) is 0 Å². The minimum absolute atomic E-state index is 0.0377. The molecule has 0 aliphatic rings. The molecule has 2 aromatic rings. The van der Waals surface area contributed by atoms with Crippen LogP contribution < -0.4 is 4.74 Å². The molecule has 120 valence electrons. The fourth-order valence-corrected chi connectivity index (χ4v) is 1.94. The summed E-state index contributed by atoms with van der Waals surface area (Å²) in [5.74, 6) is -1.96. The van der Waals surface area contributed by atoms with Crippen LogP contribution in [0.2, 0.25) is 0 Å². The minimum atomic E-state index is -4.89. The van der Waals surface area contributed by atoms with Crippen LogP contribution >= 0.6 is 0 Å². The van der Waals surface area contributed by atoms with Crippen molar-refractivity contribution in [2.24, 2.45) is 0 Å². The van der Waals surface area contributed by atoms with Gasteiger partial charge in [0.05, 0.1) is 10.5 Å². The first-order valence-electron chi connectivity index (χ1n) is 6.05. The van der Waals surface area contributed by atoms with E-state index in [4.69, 9.17) is 5.11 Å². The molecular formula is C14H8F3NO5. The number of aromatic carboxylic acids is 1. The van der Waals surface area contributed by atoms with Crippen LogP contribution in [0.3, 0.4) is 0 Å². The molecular weight excluding hydrogens is 319 g/mol. The van der Waals surface area contributed by atoms with Crippen molar-refractivity contribution in [1.82, 2.24) is 0 Å². The average Bonchev–Trinajstić information content (AvgIpc) is 2.45.